The molecule has 0 spiro atoms. The molecule has 0 amide bonds. The zero-order valence-corrected chi connectivity index (χ0v) is 7.41. The van der Waals surface area contributed by atoms with Crippen LogP contribution in [0, 0.1) is 0 Å². The summed E-state index contributed by atoms with van der Waals surface area (Å²) in [7, 11) is -4.64. The molecule has 0 saturated heterocycles. The number of carbonyl (C=O) groups excluding carboxylic acids is 1. The normalized spacial score (nSPS) is 9.91. The number of hydrogen-bond acceptors (Lipinski definition) is 2. The number of hydrogen-bond donors (Lipinski definition) is 3. The van der Waals surface area contributed by atoms with Crippen molar-refractivity contribution in [3.8, 4) is 0 Å². The minimum absolute atomic E-state index is 0.343. The lowest BCUT2D eigenvalue weighted by Crippen LogP contribution is -1.88. The van der Waals surface area contributed by atoms with Crippen molar-refractivity contribution in [2.75, 3.05) is 0 Å². The molecule has 0 atom stereocenters. The summed E-state index contributed by atoms with van der Waals surface area (Å²) in [5, 5.41) is 0. The molecule has 3 N–H and O–H groups in total. The van der Waals surface area contributed by atoms with E-state index >= 15 is 0 Å². The van der Waals surface area contributed by atoms with E-state index < -0.39 is 7.82 Å². The van der Waals surface area contributed by atoms with Gasteiger partial charge in [-0.05, 0) is 0 Å². The van der Waals surface area contributed by atoms with Crippen molar-refractivity contribution in [3.05, 3.63) is 0 Å². The average molecular weight is 184 g/mol. The second-order valence-electron chi connectivity index (χ2n) is 1.76. The Hall–Kier alpha value is -0.220. The van der Waals surface area contributed by atoms with Crippen LogP contribution < -0.4 is 0 Å². The van der Waals surface area contributed by atoms with E-state index in [2.05, 4.69) is 0 Å². The summed E-state index contributed by atoms with van der Waals surface area (Å²) in [5.41, 5.74) is 0. The number of rotatable bonds is 2. The van der Waals surface area contributed by atoms with Crippen molar-refractivity contribution >= 4 is 13.6 Å². The minimum atomic E-state index is -4.64. The third-order valence-electron chi connectivity index (χ3n) is 0.789. The summed E-state index contributed by atoms with van der Waals surface area (Å²) in [6, 6.07) is 0. The van der Waals surface area contributed by atoms with Gasteiger partial charge in [0.1, 0.15) is 5.78 Å². The van der Waals surface area contributed by atoms with Crippen molar-refractivity contribution in [1.82, 2.24) is 0 Å². The first kappa shape index (κ1) is 13.4. The van der Waals surface area contributed by atoms with E-state index in [0.29, 0.717) is 18.6 Å². The predicted molar refractivity (Wildman–Crippen MR) is 39.9 cm³/mol. The lowest BCUT2D eigenvalue weighted by Gasteiger charge is -1.82. The van der Waals surface area contributed by atoms with E-state index in [9.17, 15) is 4.79 Å². The van der Waals surface area contributed by atoms with Crippen LogP contribution in [0.25, 0.3) is 0 Å². The fourth-order valence-corrected chi connectivity index (χ4v) is 0.250. The SMILES string of the molecule is CCC(=O)CC.O=P(O)(O)O. The Kier molecular flexibility index (Phi) is 7.89. The van der Waals surface area contributed by atoms with Crippen LogP contribution in [0.2, 0.25) is 0 Å². The summed E-state index contributed by atoms with van der Waals surface area (Å²) in [6.07, 6.45) is 1.38. The van der Waals surface area contributed by atoms with Crippen LogP contribution in [0.3, 0.4) is 0 Å². The summed E-state index contributed by atoms with van der Waals surface area (Å²) in [4.78, 5) is 31.7. The zero-order valence-electron chi connectivity index (χ0n) is 6.52. The predicted octanol–water partition coefficient (Wildman–Crippen LogP) is 0.447. The van der Waals surface area contributed by atoms with Crippen molar-refractivity contribution in [1.29, 1.82) is 0 Å². The molecule has 0 saturated carbocycles. The van der Waals surface area contributed by atoms with Gasteiger partial charge in [-0.2, -0.15) is 0 Å². The molecule has 5 nitrogen and oxygen atoms in total. The quantitative estimate of drug-likeness (QED) is 0.541. The van der Waals surface area contributed by atoms with Crippen LogP contribution in [0.15, 0.2) is 0 Å². The van der Waals surface area contributed by atoms with Crippen LogP contribution in [0.4, 0.5) is 0 Å². The largest absolute Gasteiger partial charge is 0.466 e. The number of Topliss-reactive ketones (excluding diaryl/α,β-unsaturated/α-hetero) is 1. The molecule has 0 aliphatic rings. The van der Waals surface area contributed by atoms with Gasteiger partial charge in [-0.15, -0.1) is 0 Å². The first-order valence-corrected chi connectivity index (χ1v) is 4.67. The highest BCUT2D eigenvalue weighted by atomic mass is 31.2. The summed E-state index contributed by atoms with van der Waals surface area (Å²) in [6.45, 7) is 3.76. The lowest BCUT2D eigenvalue weighted by molar-refractivity contribution is -0.118. The van der Waals surface area contributed by atoms with Crippen LogP contribution in [-0.2, 0) is 9.36 Å². The van der Waals surface area contributed by atoms with Gasteiger partial charge in [0.2, 0.25) is 0 Å². The Balaban J connectivity index is 0. The Bertz CT molecular complexity index is 135. The summed E-state index contributed by atoms with van der Waals surface area (Å²) >= 11 is 0. The Labute approximate surface area is 65.3 Å². The monoisotopic (exact) mass is 184 g/mol. The molecule has 0 aliphatic heterocycles. The molecule has 68 valence electrons. The second kappa shape index (κ2) is 6.49. The molecule has 0 radical (unpaired) electrons. The van der Waals surface area contributed by atoms with E-state index in [-0.39, 0.29) is 0 Å². The maximum absolute atomic E-state index is 10.2. The van der Waals surface area contributed by atoms with Crippen LogP contribution in [0.5, 0.6) is 0 Å². The molecular weight excluding hydrogens is 171 g/mol. The van der Waals surface area contributed by atoms with E-state index in [0.717, 1.165) is 0 Å². The topological polar surface area (TPSA) is 94.8 Å². The zero-order chi connectivity index (χ0) is 9.49. The molecule has 6 heteroatoms. The van der Waals surface area contributed by atoms with Gasteiger partial charge >= 0.3 is 7.82 Å². The third kappa shape index (κ3) is 41.4. The maximum atomic E-state index is 10.2. The Morgan fingerprint density at radius 2 is 1.36 bits per heavy atom. The van der Waals surface area contributed by atoms with E-state index in [1.165, 1.54) is 0 Å². The minimum Gasteiger partial charge on any atom is -0.303 e. The Morgan fingerprint density at radius 1 is 1.18 bits per heavy atom. The molecule has 0 aliphatic carbocycles. The van der Waals surface area contributed by atoms with Gasteiger partial charge in [-0.25, -0.2) is 4.57 Å². The molecule has 11 heavy (non-hydrogen) atoms. The molecule has 0 fully saturated rings. The van der Waals surface area contributed by atoms with Crippen molar-refractivity contribution < 1.29 is 24.0 Å². The fraction of sp³-hybridized carbons (Fsp3) is 0.800. The second-order valence-corrected chi connectivity index (χ2v) is 2.79. The van der Waals surface area contributed by atoms with Crippen LogP contribution >= 0.6 is 7.82 Å². The molecule has 0 aromatic heterocycles. The molecule has 0 rings (SSSR count). The molecule has 0 unspecified atom stereocenters. The van der Waals surface area contributed by atoms with E-state index in [1.807, 2.05) is 13.8 Å². The summed E-state index contributed by atoms with van der Waals surface area (Å²) in [5.74, 6) is 0.343. The van der Waals surface area contributed by atoms with Gasteiger partial charge in [0, 0.05) is 12.8 Å². The number of phosphoric acid groups is 1. The van der Waals surface area contributed by atoms with Gasteiger partial charge in [-0.3, -0.25) is 4.79 Å². The molecule has 0 aromatic rings. The average Bonchev–Trinajstić information content (AvgIpc) is 1.83. The molecular formula is C5H13O5P. The van der Waals surface area contributed by atoms with Gasteiger partial charge in [0.15, 0.2) is 0 Å². The Morgan fingerprint density at radius 3 is 1.36 bits per heavy atom. The smallest absolute Gasteiger partial charge is 0.303 e. The molecule has 0 bridgehead atoms. The number of carbonyl (C=O) groups is 1. The lowest BCUT2D eigenvalue weighted by atomic mass is 10.3. The highest BCUT2D eigenvalue weighted by molar-refractivity contribution is 7.45. The fourth-order valence-electron chi connectivity index (χ4n) is 0.250. The number of ketones is 1. The highest BCUT2D eigenvalue weighted by Gasteiger charge is 2.00. The first-order chi connectivity index (χ1) is 4.81. The highest BCUT2D eigenvalue weighted by Crippen LogP contribution is 2.25. The summed E-state index contributed by atoms with van der Waals surface area (Å²) < 4.78 is 8.88. The van der Waals surface area contributed by atoms with Gasteiger partial charge in [-0.1, -0.05) is 13.8 Å². The van der Waals surface area contributed by atoms with E-state index in [1.54, 1.807) is 0 Å². The molecule has 0 aromatic carbocycles. The van der Waals surface area contributed by atoms with Crippen LogP contribution in [-0.4, -0.2) is 20.5 Å². The molecule has 0 heterocycles. The van der Waals surface area contributed by atoms with Crippen LogP contribution in [0.1, 0.15) is 26.7 Å². The van der Waals surface area contributed by atoms with Gasteiger partial charge in [0.25, 0.3) is 0 Å². The van der Waals surface area contributed by atoms with Crippen molar-refractivity contribution in [3.63, 3.8) is 0 Å². The third-order valence-corrected chi connectivity index (χ3v) is 0.789. The van der Waals surface area contributed by atoms with Crippen molar-refractivity contribution in [2.45, 2.75) is 26.7 Å². The van der Waals surface area contributed by atoms with Crippen molar-refractivity contribution in [2.24, 2.45) is 0 Å². The first-order valence-electron chi connectivity index (χ1n) is 3.11. The standard InChI is InChI=1S/C5H10O.H3O4P/c1-3-5(6)4-2;1-5(2,3)4/h3-4H2,1-2H3;(H3,1,2,3,4). The van der Waals surface area contributed by atoms with Gasteiger partial charge < -0.3 is 14.7 Å². The van der Waals surface area contributed by atoms with E-state index in [4.69, 9.17) is 19.2 Å². The maximum Gasteiger partial charge on any atom is 0.466 e. The van der Waals surface area contributed by atoms with Gasteiger partial charge in [0.05, 0.1) is 0 Å².